The summed E-state index contributed by atoms with van der Waals surface area (Å²) in [5, 5.41) is 12.0. The fourth-order valence-corrected chi connectivity index (χ4v) is 9.35. The SMILES string of the molecule is [2H]C([2H])([2H])c1cc(-c2ccccc2)c(-n2c(-c3cc(C)cc(C)c3O)nc3c(-c4cc(-c5ccccc5)cc(-c5cc(-c6ccc(-c7ccccc7)cc6)ccn5)c4)cccc32)cc1-c1ccccc1. The molecule has 9 aromatic carbocycles. The Morgan fingerprint density at radius 1 is 0.418 bits per heavy atom. The Kier molecular flexibility index (Phi) is 9.81. The number of imidazole rings is 1. The fraction of sp³-hybridized carbons (Fsp3) is 0.0476. The number of phenolic OH excluding ortho intramolecular Hbond substituents is 1. The van der Waals surface area contributed by atoms with Crippen LogP contribution in [0.25, 0.3) is 106 Å². The van der Waals surface area contributed by atoms with Crippen molar-refractivity contribution in [3.8, 4) is 101 Å². The van der Waals surface area contributed by atoms with Gasteiger partial charge in [-0.2, -0.15) is 0 Å². The van der Waals surface area contributed by atoms with E-state index in [1.165, 1.54) is 5.56 Å². The first-order chi connectivity index (χ1) is 34.1. The highest BCUT2D eigenvalue weighted by Gasteiger charge is 2.24. The van der Waals surface area contributed by atoms with E-state index < -0.39 is 6.85 Å². The van der Waals surface area contributed by atoms with E-state index in [2.05, 4.69) is 120 Å². The predicted octanol–water partition coefficient (Wildman–Crippen LogP) is 16.4. The molecule has 0 aliphatic carbocycles. The quantitative estimate of drug-likeness (QED) is 0.157. The number of hydrogen-bond donors (Lipinski definition) is 1. The third-order valence-corrected chi connectivity index (χ3v) is 12.6. The van der Waals surface area contributed by atoms with Crippen molar-refractivity contribution in [2.24, 2.45) is 0 Å². The van der Waals surface area contributed by atoms with E-state index in [1.807, 2.05) is 123 Å². The van der Waals surface area contributed by atoms with Crippen LogP contribution in [0.1, 0.15) is 20.8 Å². The summed E-state index contributed by atoms with van der Waals surface area (Å²) in [5.41, 5.74) is 17.8. The van der Waals surface area contributed by atoms with Crippen LogP contribution in [-0.4, -0.2) is 19.6 Å². The van der Waals surface area contributed by atoms with Gasteiger partial charge in [0, 0.05) is 27.0 Å². The molecule has 0 bridgehead atoms. The lowest BCUT2D eigenvalue weighted by Crippen LogP contribution is -2.03. The van der Waals surface area contributed by atoms with Crippen LogP contribution < -0.4 is 0 Å². The van der Waals surface area contributed by atoms with Gasteiger partial charge in [0.1, 0.15) is 11.6 Å². The van der Waals surface area contributed by atoms with Crippen LogP contribution in [0.4, 0.5) is 0 Å². The van der Waals surface area contributed by atoms with Crippen LogP contribution in [0.15, 0.2) is 225 Å². The van der Waals surface area contributed by atoms with Crippen molar-refractivity contribution in [1.29, 1.82) is 0 Å². The minimum absolute atomic E-state index is 0.126. The molecule has 4 heteroatoms. The van der Waals surface area contributed by atoms with Crippen LogP contribution in [0.2, 0.25) is 0 Å². The van der Waals surface area contributed by atoms with E-state index in [9.17, 15) is 5.11 Å². The van der Waals surface area contributed by atoms with Crippen molar-refractivity contribution in [3.63, 3.8) is 0 Å². The van der Waals surface area contributed by atoms with Gasteiger partial charge in [-0.05, 0) is 148 Å². The molecule has 0 aliphatic heterocycles. The van der Waals surface area contributed by atoms with Crippen molar-refractivity contribution in [2.75, 3.05) is 0 Å². The molecule has 2 heterocycles. The average molecular weight is 865 g/mol. The summed E-state index contributed by atoms with van der Waals surface area (Å²) in [5.74, 6) is 0.651. The van der Waals surface area contributed by atoms with Gasteiger partial charge in [0.15, 0.2) is 0 Å². The fourth-order valence-electron chi connectivity index (χ4n) is 9.35. The molecule has 67 heavy (non-hydrogen) atoms. The lowest BCUT2D eigenvalue weighted by Gasteiger charge is -2.19. The molecule has 1 N–H and O–H groups in total. The molecule has 4 nitrogen and oxygen atoms in total. The standard InChI is InChI=1S/C63H47N3O/c1-41-33-43(3)62(67)57(34-41)63-65-61-54(25-16-26-59(61)66(63)60-40-55(48-21-12-6-13-22-48)42(2)35-56(60)49-23-14-7-15-24-49)52-36-51(45-19-10-5-11-20-45)37-53(38-52)58-39-50(31-32-64-58)47-29-27-46(28-30-47)44-17-8-4-9-18-44/h4-40,67H,1-3H3/i2D3. The number of fused-ring (bicyclic) bond motifs is 1. The van der Waals surface area contributed by atoms with Crippen molar-refractivity contribution >= 4 is 11.0 Å². The van der Waals surface area contributed by atoms with Crippen molar-refractivity contribution in [2.45, 2.75) is 20.7 Å². The summed E-state index contributed by atoms with van der Waals surface area (Å²) < 4.78 is 28.5. The number of phenols is 1. The van der Waals surface area contributed by atoms with Crippen molar-refractivity contribution < 1.29 is 9.22 Å². The van der Waals surface area contributed by atoms with Crippen LogP contribution in [-0.2, 0) is 0 Å². The maximum absolute atomic E-state index is 12.0. The monoisotopic (exact) mass is 864 g/mol. The summed E-state index contributed by atoms with van der Waals surface area (Å²) in [6.45, 7) is 1.49. The minimum atomic E-state index is -2.42. The number of nitrogens with zero attached hydrogens (tertiary/aromatic N) is 3. The molecule has 11 rings (SSSR count). The predicted molar refractivity (Wildman–Crippen MR) is 278 cm³/mol. The Morgan fingerprint density at radius 3 is 1.64 bits per heavy atom. The molecule has 0 saturated carbocycles. The molecule has 320 valence electrons. The Balaban J connectivity index is 1.16. The van der Waals surface area contributed by atoms with E-state index in [1.54, 1.807) is 0 Å². The van der Waals surface area contributed by atoms with Gasteiger partial charge in [-0.3, -0.25) is 9.55 Å². The smallest absolute Gasteiger partial charge is 0.149 e. The Labute approximate surface area is 396 Å². The number of benzene rings is 9. The van der Waals surface area contributed by atoms with Gasteiger partial charge < -0.3 is 5.11 Å². The zero-order valence-electron chi connectivity index (χ0n) is 40.2. The van der Waals surface area contributed by atoms with E-state index in [0.29, 0.717) is 22.5 Å². The average Bonchev–Trinajstić information content (AvgIpc) is 3.79. The van der Waals surface area contributed by atoms with E-state index in [-0.39, 0.29) is 11.3 Å². The van der Waals surface area contributed by atoms with Gasteiger partial charge >= 0.3 is 0 Å². The summed E-state index contributed by atoms with van der Waals surface area (Å²) in [6, 6.07) is 73.7. The lowest BCUT2D eigenvalue weighted by molar-refractivity contribution is 0.472. The molecule has 0 spiro atoms. The molecule has 0 fully saturated rings. The second kappa shape index (κ2) is 17.4. The second-order valence-electron chi connectivity index (χ2n) is 17.1. The zero-order chi connectivity index (χ0) is 47.9. The molecule has 2 aromatic heterocycles. The third kappa shape index (κ3) is 7.89. The Morgan fingerprint density at radius 2 is 0.985 bits per heavy atom. The molecule has 0 unspecified atom stereocenters. The molecular weight excluding hydrogens is 815 g/mol. The zero-order valence-corrected chi connectivity index (χ0v) is 37.2. The second-order valence-corrected chi connectivity index (χ2v) is 17.1. The summed E-state index contributed by atoms with van der Waals surface area (Å²) >= 11 is 0. The molecule has 11 aromatic rings. The number of aromatic nitrogens is 3. The Hall–Kier alpha value is -8.60. The molecule has 0 aliphatic rings. The topological polar surface area (TPSA) is 50.9 Å². The molecular formula is C63H47N3O. The highest BCUT2D eigenvalue weighted by Crippen LogP contribution is 2.44. The number of aromatic hydroxyl groups is 1. The van der Waals surface area contributed by atoms with Crippen LogP contribution >= 0.6 is 0 Å². The van der Waals surface area contributed by atoms with Gasteiger partial charge in [-0.15, -0.1) is 0 Å². The maximum Gasteiger partial charge on any atom is 0.149 e. The number of hydrogen-bond acceptors (Lipinski definition) is 3. The number of pyridine rings is 1. The lowest BCUT2D eigenvalue weighted by atomic mass is 9.93. The first-order valence-corrected chi connectivity index (χ1v) is 22.5. The summed E-state index contributed by atoms with van der Waals surface area (Å²) in [4.78, 5) is 10.5. The van der Waals surface area contributed by atoms with Gasteiger partial charge in [0.25, 0.3) is 0 Å². The maximum atomic E-state index is 12.0. The molecule has 0 atom stereocenters. The van der Waals surface area contributed by atoms with Gasteiger partial charge in [-0.1, -0.05) is 164 Å². The highest BCUT2D eigenvalue weighted by molar-refractivity contribution is 5.99. The normalized spacial score (nSPS) is 12.1. The van der Waals surface area contributed by atoms with E-state index in [0.717, 1.165) is 89.2 Å². The van der Waals surface area contributed by atoms with Gasteiger partial charge in [0.2, 0.25) is 0 Å². The summed E-state index contributed by atoms with van der Waals surface area (Å²) in [6.07, 6.45) is 1.88. The summed E-state index contributed by atoms with van der Waals surface area (Å²) in [7, 11) is 0. The van der Waals surface area contributed by atoms with Gasteiger partial charge in [-0.25, -0.2) is 4.98 Å². The third-order valence-electron chi connectivity index (χ3n) is 12.6. The van der Waals surface area contributed by atoms with Crippen LogP contribution in [0.3, 0.4) is 0 Å². The minimum Gasteiger partial charge on any atom is -0.507 e. The Bertz CT molecular complexity index is 3700. The van der Waals surface area contributed by atoms with E-state index >= 15 is 0 Å². The largest absolute Gasteiger partial charge is 0.507 e. The number of rotatable bonds is 9. The highest BCUT2D eigenvalue weighted by atomic mass is 16.3. The van der Waals surface area contributed by atoms with Crippen molar-refractivity contribution in [1.82, 2.24) is 14.5 Å². The first kappa shape index (κ1) is 37.7. The molecule has 0 radical (unpaired) electrons. The molecule has 0 saturated heterocycles. The van der Waals surface area contributed by atoms with Gasteiger partial charge in [0.05, 0.1) is 28.0 Å². The first-order valence-electron chi connectivity index (χ1n) is 24.0. The van der Waals surface area contributed by atoms with Crippen LogP contribution in [0.5, 0.6) is 5.75 Å². The van der Waals surface area contributed by atoms with Crippen LogP contribution in [0, 0.1) is 20.7 Å². The number of aryl methyl sites for hydroxylation is 3. The number of para-hydroxylation sites is 1. The van der Waals surface area contributed by atoms with E-state index in [4.69, 9.17) is 14.1 Å². The molecule has 0 amide bonds. The van der Waals surface area contributed by atoms with Crippen molar-refractivity contribution in [3.05, 3.63) is 241 Å².